The van der Waals surface area contributed by atoms with Crippen LogP contribution >= 0.6 is 0 Å². The van der Waals surface area contributed by atoms with Crippen LogP contribution in [0.2, 0.25) is 0 Å². The highest BCUT2D eigenvalue weighted by Crippen LogP contribution is 2.16. The van der Waals surface area contributed by atoms with Gasteiger partial charge in [0.2, 0.25) is 0 Å². The summed E-state index contributed by atoms with van der Waals surface area (Å²) in [5, 5.41) is 6.64. The standard InChI is InChI=1S/C24H31N3O2/c1-18(2)17-27-13-11-21(12-14-27)25-16-19-5-4-6-22(15-19)26-24(28)20-7-9-23(29-3)10-8-20/h4-10,15,21,25H,1,11-14,16-17H2,2-3H3,(H,26,28). The Labute approximate surface area is 173 Å². The molecule has 2 aromatic rings. The molecule has 0 aromatic heterocycles. The van der Waals surface area contributed by atoms with Gasteiger partial charge in [0.15, 0.2) is 0 Å². The van der Waals surface area contributed by atoms with E-state index < -0.39 is 0 Å². The number of benzene rings is 2. The maximum Gasteiger partial charge on any atom is 0.255 e. The van der Waals surface area contributed by atoms with Crippen molar-refractivity contribution in [3.05, 3.63) is 71.8 Å². The van der Waals surface area contributed by atoms with E-state index in [0.29, 0.717) is 11.6 Å². The number of hydrogen-bond acceptors (Lipinski definition) is 4. The fraction of sp³-hybridized carbons (Fsp3) is 0.375. The lowest BCUT2D eigenvalue weighted by molar-refractivity contribution is 0.102. The van der Waals surface area contributed by atoms with Crippen LogP contribution in [0.3, 0.4) is 0 Å². The van der Waals surface area contributed by atoms with Gasteiger partial charge in [-0.15, -0.1) is 0 Å². The molecule has 1 heterocycles. The first-order valence-electron chi connectivity index (χ1n) is 10.2. The molecule has 0 atom stereocenters. The summed E-state index contributed by atoms with van der Waals surface area (Å²) in [6.45, 7) is 10.1. The van der Waals surface area contributed by atoms with Crippen molar-refractivity contribution < 1.29 is 9.53 Å². The molecule has 0 unspecified atom stereocenters. The van der Waals surface area contributed by atoms with Gasteiger partial charge >= 0.3 is 0 Å². The Morgan fingerprint density at radius 2 is 1.90 bits per heavy atom. The van der Waals surface area contributed by atoms with E-state index >= 15 is 0 Å². The van der Waals surface area contributed by atoms with Gasteiger partial charge in [-0.3, -0.25) is 9.69 Å². The van der Waals surface area contributed by atoms with Crippen molar-refractivity contribution in [1.82, 2.24) is 10.2 Å². The predicted molar refractivity (Wildman–Crippen MR) is 119 cm³/mol. The molecule has 1 aliphatic rings. The minimum Gasteiger partial charge on any atom is -0.497 e. The number of nitrogens with zero attached hydrogens (tertiary/aromatic N) is 1. The largest absolute Gasteiger partial charge is 0.497 e. The van der Waals surface area contributed by atoms with Crippen molar-refractivity contribution in [2.24, 2.45) is 0 Å². The van der Waals surface area contributed by atoms with Crippen molar-refractivity contribution in [3.8, 4) is 5.75 Å². The molecular formula is C24H31N3O2. The topological polar surface area (TPSA) is 53.6 Å². The van der Waals surface area contributed by atoms with Crippen molar-refractivity contribution in [2.75, 3.05) is 32.1 Å². The van der Waals surface area contributed by atoms with Gasteiger partial charge in [0.05, 0.1) is 7.11 Å². The van der Waals surface area contributed by atoms with Crippen molar-refractivity contribution in [1.29, 1.82) is 0 Å². The van der Waals surface area contributed by atoms with Crippen LogP contribution in [0.5, 0.6) is 5.75 Å². The molecule has 0 aliphatic carbocycles. The number of ether oxygens (including phenoxy) is 1. The molecule has 154 valence electrons. The van der Waals surface area contributed by atoms with Crippen LogP contribution in [0.25, 0.3) is 0 Å². The molecule has 1 fully saturated rings. The van der Waals surface area contributed by atoms with Gasteiger partial charge in [0.1, 0.15) is 5.75 Å². The number of carbonyl (C=O) groups is 1. The van der Waals surface area contributed by atoms with Gasteiger partial charge < -0.3 is 15.4 Å². The van der Waals surface area contributed by atoms with E-state index in [9.17, 15) is 4.79 Å². The Kier molecular flexibility index (Phi) is 7.44. The number of anilines is 1. The molecule has 2 aromatic carbocycles. The van der Waals surface area contributed by atoms with Crippen LogP contribution in [0, 0.1) is 0 Å². The number of piperidine rings is 1. The molecule has 1 saturated heterocycles. The maximum absolute atomic E-state index is 12.5. The van der Waals surface area contributed by atoms with Gasteiger partial charge in [-0.05, 0) is 74.8 Å². The summed E-state index contributed by atoms with van der Waals surface area (Å²) >= 11 is 0. The lowest BCUT2D eigenvalue weighted by Crippen LogP contribution is -2.42. The summed E-state index contributed by atoms with van der Waals surface area (Å²) in [5.41, 5.74) is 3.81. The van der Waals surface area contributed by atoms with Crippen molar-refractivity contribution >= 4 is 11.6 Å². The third-order valence-electron chi connectivity index (χ3n) is 5.21. The highest BCUT2D eigenvalue weighted by molar-refractivity contribution is 6.04. The third kappa shape index (κ3) is 6.44. The van der Waals surface area contributed by atoms with E-state index in [0.717, 1.165) is 50.5 Å². The fourth-order valence-corrected chi connectivity index (χ4v) is 3.64. The van der Waals surface area contributed by atoms with Crippen LogP contribution in [-0.4, -0.2) is 43.6 Å². The molecule has 1 amide bonds. The molecule has 0 bridgehead atoms. The number of nitrogens with one attached hydrogen (secondary N) is 2. The highest BCUT2D eigenvalue weighted by Gasteiger charge is 2.18. The number of methoxy groups -OCH3 is 1. The molecule has 0 spiro atoms. The summed E-state index contributed by atoms with van der Waals surface area (Å²) in [6.07, 6.45) is 2.31. The van der Waals surface area contributed by atoms with Crippen LogP contribution in [-0.2, 0) is 6.54 Å². The average molecular weight is 394 g/mol. The quantitative estimate of drug-likeness (QED) is 0.664. The van der Waals surface area contributed by atoms with Gasteiger partial charge in [0.25, 0.3) is 5.91 Å². The van der Waals surface area contributed by atoms with E-state index in [2.05, 4.69) is 35.1 Å². The summed E-state index contributed by atoms with van der Waals surface area (Å²) in [6, 6.07) is 15.7. The number of rotatable bonds is 8. The van der Waals surface area contributed by atoms with Gasteiger partial charge in [-0.1, -0.05) is 24.3 Å². The summed E-state index contributed by atoms with van der Waals surface area (Å²) < 4.78 is 5.14. The molecular weight excluding hydrogens is 362 g/mol. The fourth-order valence-electron chi connectivity index (χ4n) is 3.64. The number of carbonyl (C=O) groups excluding carboxylic acids is 1. The Morgan fingerprint density at radius 1 is 1.17 bits per heavy atom. The van der Waals surface area contributed by atoms with E-state index in [1.165, 1.54) is 11.1 Å². The summed E-state index contributed by atoms with van der Waals surface area (Å²) in [5.74, 6) is 0.614. The molecule has 5 nitrogen and oxygen atoms in total. The summed E-state index contributed by atoms with van der Waals surface area (Å²) in [4.78, 5) is 14.9. The first-order chi connectivity index (χ1) is 14.0. The van der Waals surface area contributed by atoms with E-state index in [1.807, 2.05) is 18.2 Å². The molecule has 29 heavy (non-hydrogen) atoms. The maximum atomic E-state index is 12.5. The van der Waals surface area contributed by atoms with Crippen LogP contribution in [0.1, 0.15) is 35.7 Å². The number of likely N-dealkylation sites (tertiary alicyclic amines) is 1. The number of amides is 1. The normalized spacial score (nSPS) is 15.1. The Morgan fingerprint density at radius 3 is 2.55 bits per heavy atom. The monoisotopic (exact) mass is 393 g/mol. The van der Waals surface area contributed by atoms with Crippen LogP contribution in [0.15, 0.2) is 60.7 Å². The van der Waals surface area contributed by atoms with Gasteiger partial charge in [-0.2, -0.15) is 0 Å². The zero-order valence-electron chi connectivity index (χ0n) is 17.4. The Hall–Kier alpha value is -2.63. The smallest absolute Gasteiger partial charge is 0.255 e. The lowest BCUT2D eigenvalue weighted by Gasteiger charge is -2.32. The zero-order valence-corrected chi connectivity index (χ0v) is 17.4. The molecule has 2 N–H and O–H groups in total. The lowest BCUT2D eigenvalue weighted by atomic mass is 10.0. The van der Waals surface area contributed by atoms with Crippen LogP contribution in [0.4, 0.5) is 5.69 Å². The van der Waals surface area contributed by atoms with E-state index in [-0.39, 0.29) is 5.91 Å². The number of hydrogen-bond donors (Lipinski definition) is 2. The highest BCUT2D eigenvalue weighted by atomic mass is 16.5. The second kappa shape index (κ2) is 10.2. The SMILES string of the molecule is C=C(C)CN1CCC(NCc2cccc(NC(=O)c3ccc(OC)cc3)c2)CC1. The summed E-state index contributed by atoms with van der Waals surface area (Å²) in [7, 11) is 1.61. The Balaban J connectivity index is 1.49. The van der Waals surface area contributed by atoms with Crippen molar-refractivity contribution in [2.45, 2.75) is 32.4 Å². The second-order valence-electron chi connectivity index (χ2n) is 7.77. The van der Waals surface area contributed by atoms with Crippen molar-refractivity contribution in [3.63, 3.8) is 0 Å². The van der Waals surface area contributed by atoms with Gasteiger partial charge in [0, 0.05) is 30.4 Å². The predicted octanol–water partition coefficient (Wildman–Crippen LogP) is 4.08. The Bertz CT molecular complexity index is 824. The minimum atomic E-state index is -0.123. The van der Waals surface area contributed by atoms with Crippen LogP contribution < -0.4 is 15.4 Å². The average Bonchev–Trinajstić information content (AvgIpc) is 2.73. The van der Waals surface area contributed by atoms with Gasteiger partial charge in [-0.25, -0.2) is 0 Å². The first kappa shape index (κ1) is 21.1. The molecule has 0 radical (unpaired) electrons. The van der Waals surface area contributed by atoms with E-state index in [1.54, 1.807) is 31.4 Å². The third-order valence-corrected chi connectivity index (χ3v) is 5.21. The minimum absolute atomic E-state index is 0.123. The zero-order chi connectivity index (χ0) is 20.6. The molecule has 0 saturated carbocycles. The van der Waals surface area contributed by atoms with E-state index in [4.69, 9.17) is 4.74 Å². The molecule has 5 heteroatoms. The first-order valence-corrected chi connectivity index (χ1v) is 10.2. The second-order valence-corrected chi connectivity index (χ2v) is 7.77. The molecule has 1 aliphatic heterocycles. The molecule has 3 rings (SSSR count).